The van der Waals surface area contributed by atoms with Crippen molar-refractivity contribution in [3.63, 3.8) is 0 Å². The van der Waals surface area contributed by atoms with Crippen LogP contribution in [0.3, 0.4) is 0 Å². The van der Waals surface area contributed by atoms with Gasteiger partial charge in [0, 0.05) is 37.4 Å². The molecule has 0 fully saturated rings. The number of carbonyl (C=O) groups is 4. The number of fused-ring (bicyclic) bond motifs is 1. The molecule has 1 aliphatic rings. The van der Waals surface area contributed by atoms with E-state index in [9.17, 15) is 27.6 Å². The summed E-state index contributed by atoms with van der Waals surface area (Å²) < 4.78 is 25.0. The molecule has 0 bridgehead atoms. The fraction of sp³-hybridized carbons (Fsp3) is 0.407. The zero-order valence-electron chi connectivity index (χ0n) is 22.8. The predicted octanol–water partition coefficient (Wildman–Crippen LogP) is 1.26. The number of amides is 1. The lowest BCUT2D eigenvalue weighted by atomic mass is 9.96. The summed E-state index contributed by atoms with van der Waals surface area (Å²) in [6, 6.07) is 15.6. The van der Waals surface area contributed by atoms with Gasteiger partial charge in [0.25, 0.3) is 0 Å². The van der Waals surface area contributed by atoms with Crippen LogP contribution in [0.5, 0.6) is 0 Å². The lowest BCUT2D eigenvalue weighted by molar-refractivity contribution is -0.170. The molecule has 41 heavy (non-hydrogen) atoms. The average molecular weight is 594 g/mol. The minimum Gasteiger partial charge on any atom is -0.481 e. The number of carbonyl (C=O) groups excluding carboxylic acids is 1. The first-order chi connectivity index (χ1) is 19.1. The molecule has 0 aliphatic carbocycles. The summed E-state index contributed by atoms with van der Waals surface area (Å²) in [6.07, 6.45) is 1.12. The molecule has 13 nitrogen and oxygen atoms in total. The van der Waals surface area contributed by atoms with Crippen molar-refractivity contribution in [1.82, 2.24) is 4.90 Å². The number of benzene rings is 2. The fourth-order valence-electron chi connectivity index (χ4n) is 4.11. The normalized spacial score (nSPS) is 13.2. The van der Waals surface area contributed by atoms with Gasteiger partial charge in [-0.1, -0.05) is 30.3 Å². The minimum atomic E-state index is -3.25. The van der Waals surface area contributed by atoms with Crippen molar-refractivity contribution < 1.29 is 48.0 Å². The first-order valence-electron chi connectivity index (χ1n) is 12.6. The van der Waals surface area contributed by atoms with Gasteiger partial charge in [0.15, 0.2) is 5.60 Å². The zero-order chi connectivity index (χ0) is 30.8. The first kappa shape index (κ1) is 33.2. The molecule has 1 heterocycles. The van der Waals surface area contributed by atoms with Crippen LogP contribution < -0.4 is 9.62 Å². The third-order valence-electron chi connectivity index (χ3n) is 6.22. The number of likely N-dealkylation sites (N-methyl/N-ethyl adjacent to an activating group) is 1. The molecule has 1 aliphatic heterocycles. The number of aliphatic hydroxyl groups is 1. The van der Waals surface area contributed by atoms with E-state index in [4.69, 9.17) is 20.4 Å². The summed E-state index contributed by atoms with van der Waals surface area (Å²) >= 11 is 0. The largest absolute Gasteiger partial charge is 0.481 e. The molecule has 0 aromatic heterocycles. The van der Waals surface area contributed by atoms with E-state index in [2.05, 4.69) is 22.7 Å². The van der Waals surface area contributed by atoms with Gasteiger partial charge in [-0.15, -0.1) is 0 Å². The lowest BCUT2D eigenvalue weighted by Crippen LogP contribution is -2.42. The molecule has 0 atom stereocenters. The van der Waals surface area contributed by atoms with Crippen LogP contribution in [0.15, 0.2) is 48.5 Å². The molecule has 224 valence electrons. The number of hydrogen-bond donors (Lipinski definition) is 5. The van der Waals surface area contributed by atoms with Crippen molar-refractivity contribution in [2.45, 2.75) is 37.7 Å². The number of sulfonamides is 1. The molecule has 0 radical (unpaired) electrons. The van der Waals surface area contributed by atoms with Crippen LogP contribution in [0.4, 0.5) is 11.4 Å². The van der Waals surface area contributed by atoms with E-state index in [1.165, 1.54) is 5.56 Å². The Morgan fingerprint density at radius 2 is 1.54 bits per heavy atom. The van der Waals surface area contributed by atoms with Gasteiger partial charge >= 0.3 is 17.9 Å². The Balaban J connectivity index is 0.000000383. The Bertz CT molecular complexity index is 1330. The number of para-hydroxylation sites is 1. The second-order valence-corrected chi connectivity index (χ2v) is 11.5. The van der Waals surface area contributed by atoms with Gasteiger partial charge in [-0.3, -0.25) is 19.1 Å². The highest BCUT2D eigenvalue weighted by atomic mass is 32.2. The van der Waals surface area contributed by atoms with Gasteiger partial charge in [-0.25, -0.2) is 13.2 Å². The Hall–Kier alpha value is -4.01. The van der Waals surface area contributed by atoms with Crippen LogP contribution in [-0.4, -0.2) is 96.1 Å². The molecule has 0 saturated heterocycles. The molecule has 0 spiro atoms. The number of aryl methyl sites for hydroxylation is 1. The number of carboxylic acid groups (broad SMARTS) is 3. The Labute approximate surface area is 238 Å². The number of nitrogens with zero attached hydrogens (tertiary/aromatic N) is 2. The standard InChI is InChI=1S/C21H27N3O3S.C6H8O7/c1-23(14-13-17-7-10-19(11-8-17)22-28(2,26)27)15-16-24-20-6-4-3-5-18(20)9-12-21(24)25;7-3(8)1-6(13,5(11)12)2-4(9)10/h3-8,10-11,22H,9,12-16H2,1-2H3;13H,1-2H2,(H,7,8)(H,9,10)(H,11,12). The highest BCUT2D eigenvalue weighted by molar-refractivity contribution is 7.92. The Kier molecular flexibility index (Phi) is 11.8. The predicted molar refractivity (Wildman–Crippen MR) is 150 cm³/mol. The van der Waals surface area contributed by atoms with E-state index in [0.29, 0.717) is 18.7 Å². The van der Waals surface area contributed by atoms with Crippen LogP contribution in [0.1, 0.15) is 30.4 Å². The van der Waals surface area contributed by atoms with Crippen LogP contribution in [-0.2, 0) is 42.0 Å². The van der Waals surface area contributed by atoms with Crippen molar-refractivity contribution in [3.8, 4) is 0 Å². The Morgan fingerprint density at radius 3 is 2.07 bits per heavy atom. The van der Waals surface area contributed by atoms with Crippen molar-refractivity contribution in [3.05, 3.63) is 59.7 Å². The van der Waals surface area contributed by atoms with Crippen LogP contribution >= 0.6 is 0 Å². The van der Waals surface area contributed by atoms with Gasteiger partial charge in [0.1, 0.15) is 0 Å². The highest BCUT2D eigenvalue weighted by Crippen LogP contribution is 2.27. The van der Waals surface area contributed by atoms with Gasteiger partial charge in [0.05, 0.1) is 19.1 Å². The molecule has 5 N–H and O–H groups in total. The van der Waals surface area contributed by atoms with Gasteiger partial charge in [-0.2, -0.15) is 0 Å². The number of carboxylic acids is 3. The van der Waals surface area contributed by atoms with Crippen molar-refractivity contribution in [1.29, 1.82) is 0 Å². The Morgan fingerprint density at radius 1 is 0.951 bits per heavy atom. The van der Waals surface area contributed by atoms with E-state index >= 15 is 0 Å². The summed E-state index contributed by atoms with van der Waals surface area (Å²) in [7, 11) is -1.19. The summed E-state index contributed by atoms with van der Waals surface area (Å²) in [6.45, 7) is 2.35. The summed E-state index contributed by atoms with van der Waals surface area (Å²) in [5.74, 6) is -4.82. The van der Waals surface area contributed by atoms with E-state index in [0.717, 1.165) is 43.4 Å². The molecule has 0 unspecified atom stereocenters. The van der Waals surface area contributed by atoms with E-state index in [1.807, 2.05) is 35.2 Å². The highest BCUT2D eigenvalue weighted by Gasteiger charge is 2.40. The SMILES string of the molecule is CN(CCc1ccc(NS(C)(=O)=O)cc1)CCN1C(=O)CCc2ccccc21.O=C(O)CC(O)(CC(=O)O)C(=O)O. The van der Waals surface area contributed by atoms with Crippen molar-refractivity contribution >= 4 is 45.2 Å². The maximum absolute atomic E-state index is 12.3. The summed E-state index contributed by atoms with van der Waals surface area (Å²) in [5, 5.41) is 33.8. The van der Waals surface area contributed by atoms with E-state index < -0.39 is 46.4 Å². The summed E-state index contributed by atoms with van der Waals surface area (Å²) in [5.41, 5.74) is 1.26. The third-order valence-corrected chi connectivity index (χ3v) is 6.83. The zero-order valence-corrected chi connectivity index (χ0v) is 23.6. The number of anilines is 2. The fourth-order valence-corrected chi connectivity index (χ4v) is 4.68. The summed E-state index contributed by atoms with van der Waals surface area (Å²) in [4.78, 5) is 46.9. The lowest BCUT2D eigenvalue weighted by Gasteiger charge is -2.31. The quantitative estimate of drug-likeness (QED) is 0.224. The second-order valence-electron chi connectivity index (χ2n) is 9.78. The molecule has 3 rings (SSSR count). The van der Waals surface area contributed by atoms with Gasteiger partial charge in [-0.05, 0) is 49.2 Å². The topological polar surface area (TPSA) is 202 Å². The maximum Gasteiger partial charge on any atom is 0.336 e. The first-order valence-corrected chi connectivity index (χ1v) is 14.5. The molecule has 0 saturated carbocycles. The number of hydrogen-bond acceptors (Lipinski definition) is 8. The van der Waals surface area contributed by atoms with Crippen molar-refractivity contribution in [2.75, 3.05) is 42.6 Å². The number of nitrogens with one attached hydrogen (secondary N) is 1. The second kappa shape index (κ2) is 14.6. The monoisotopic (exact) mass is 593 g/mol. The maximum atomic E-state index is 12.3. The third kappa shape index (κ3) is 11.2. The van der Waals surface area contributed by atoms with E-state index in [-0.39, 0.29) is 5.91 Å². The minimum absolute atomic E-state index is 0.195. The number of aliphatic carboxylic acids is 3. The average Bonchev–Trinajstić information content (AvgIpc) is 2.86. The van der Waals surface area contributed by atoms with E-state index in [1.54, 1.807) is 12.1 Å². The van der Waals surface area contributed by atoms with Gasteiger partial charge in [0.2, 0.25) is 15.9 Å². The molecule has 14 heteroatoms. The molecule has 1 amide bonds. The number of rotatable bonds is 13. The molecular weight excluding hydrogens is 558 g/mol. The molecule has 2 aromatic carbocycles. The molecular formula is C27H35N3O10S. The van der Waals surface area contributed by atoms with Crippen LogP contribution in [0.2, 0.25) is 0 Å². The smallest absolute Gasteiger partial charge is 0.336 e. The van der Waals surface area contributed by atoms with Crippen LogP contribution in [0.25, 0.3) is 0 Å². The van der Waals surface area contributed by atoms with Crippen LogP contribution in [0, 0.1) is 0 Å². The van der Waals surface area contributed by atoms with Crippen molar-refractivity contribution in [2.24, 2.45) is 0 Å². The molecule has 2 aromatic rings. The van der Waals surface area contributed by atoms with Gasteiger partial charge < -0.3 is 30.2 Å².